The fourth-order valence-corrected chi connectivity index (χ4v) is 4.39. The van der Waals surface area contributed by atoms with Gasteiger partial charge in [0.05, 0.1) is 0 Å². The van der Waals surface area contributed by atoms with Gasteiger partial charge < -0.3 is 4.74 Å². The van der Waals surface area contributed by atoms with Gasteiger partial charge in [-0.1, -0.05) is 58.3 Å². The van der Waals surface area contributed by atoms with E-state index < -0.39 is 5.60 Å². The fraction of sp³-hybridized carbons (Fsp3) is 0.900. The number of ether oxygens (including phenoxy) is 1. The minimum atomic E-state index is -0.826. The highest BCUT2D eigenvalue weighted by atomic mass is 16.6. The Balaban J connectivity index is 1.76. The second-order valence-electron chi connectivity index (χ2n) is 7.63. The Hall–Kier alpha value is -1.04. The van der Waals surface area contributed by atoms with E-state index in [1.165, 1.54) is 44.9 Å². The lowest BCUT2D eigenvalue weighted by atomic mass is 9.70. The summed E-state index contributed by atoms with van der Waals surface area (Å²) in [4.78, 5) is 12.0. The van der Waals surface area contributed by atoms with Crippen LogP contribution in [0.2, 0.25) is 0 Å². The van der Waals surface area contributed by atoms with Crippen LogP contribution in [0.25, 0.3) is 0 Å². The van der Waals surface area contributed by atoms with Gasteiger partial charge in [-0.2, -0.15) is 5.26 Å². The Labute approximate surface area is 141 Å². The van der Waals surface area contributed by atoms with E-state index in [9.17, 15) is 10.1 Å². The molecule has 2 aliphatic carbocycles. The van der Waals surface area contributed by atoms with Gasteiger partial charge in [-0.25, -0.2) is 0 Å². The molecule has 0 bridgehead atoms. The summed E-state index contributed by atoms with van der Waals surface area (Å²) in [5, 5.41) is 9.57. The molecule has 2 rings (SSSR count). The van der Waals surface area contributed by atoms with Gasteiger partial charge in [-0.15, -0.1) is 0 Å². The molecule has 3 nitrogen and oxygen atoms in total. The van der Waals surface area contributed by atoms with Crippen LogP contribution in [-0.4, -0.2) is 11.6 Å². The van der Waals surface area contributed by atoms with Crippen LogP contribution in [0.5, 0.6) is 0 Å². The smallest absolute Gasteiger partial charge is 0.307 e. The first-order valence-corrected chi connectivity index (χ1v) is 9.82. The van der Waals surface area contributed by atoms with Crippen LogP contribution in [0.4, 0.5) is 0 Å². The number of nitrogens with zero attached hydrogens (tertiary/aromatic N) is 1. The zero-order valence-electron chi connectivity index (χ0n) is 14.8. The van der Waals surface area contributed by atoms with Crippen molar-refractivity contribution in [3.63, 3.8) is 0 Å². The minimum Gasteiger partial charge on any atom is -0.444 e. The number of esters is 1. The number of hydrogen-bond acceptors (Lipinski definition) is 3. The van der Waals surface area contributed by atoms with Crippen molar-refractivity contribution >= 4 is 5.97 Å². The SMILES string of the molecule is CCCCCCC(=O)O[C@]1(C#N)CC[C@@H](C2CCCCC2)CC1. The highest BCUT2D eigenvalue weighted by Crippen LogP contribution is 2.42. The van der Waals surface area contributed by atoms with Crippen LogP contribution in [-0.2, 0) is 9.53 Å². The summed E-state index contributed by atoms with van der Waals surface area (Å²) in [7, 11) is 0. The van der Waals surface area contributed by atoms with Crippen LogP contribution in [0.15, 0.2) is 0 Å². The Bertz CT molecular complexity index is 398. The molecule has 2 aliphatic rings. The number of rotatable bonds is 7. The molecule has 0 spiro atoms. The zero-order chi connectivity index (χ0) is 16.5. The van der Waals surface area contributed by atoms with Crippen LogP contribution in [0.3, 0.4) is 0 Å². The number of carbonyl (C=O) groups is 1. The minimum absolute atomic E-state index is 0.168. The monoisotopic (exact) mass is 319 g/mol. The summed E-state index contributed by atoms with van der Waals surface area (Å²) in [6.07, 6.45) is 15.2. The standard InChI is InChI=1S/C20H33NO2/c1-2-3-4-8-11-19(22)23-20(16-21)14-12-18(13-15-20)17-9-6-5-7-10-17/h17-18H,2-15H2,1H3/t18-,20-. The van der Waals surface area contributed by atoms with Crippen molar-refractivity contribution in [1.82, 2.24) is 0 Å². The van der Waals surface area contributed by atoms with Crippen LogP contribution < -0.4 is 0 Å². The molecule has 0 radical (unpaired) electrons. The number of hydrogen-bond donors (Lipinski definition) is 0. The average Bonchev–Trinajstić information content (AvgIpc) is 2.60. The average molecular weight is 319 g/mol. The van der Waals surface area contributed by atoms with Gasteiger partial charge in [-0.05, 0) is 31.1 Å². The molecule has 0 aromatic rings. The molecule has 0 N–H and O–H groups in total. The Morgan fingerprint density at radius 2 is 1.70 bits per heavy atom. The van der Waals surface area contributed by atoms with Gasteiger partial charge in [-0.3, -0.25) is 4.79 Å². The molecule has 0 aromatic heterocycles. The van der Waals surface area contributed by atoms with E-state index in [0.29, 0.717) is 6.42 Å². The normalized spacial score (nSPS) is 29.0. The van der Waals surface area contributed by atoms with Gasteiger partial charge in [0, 0.05) is 19.3 Å². The lowest BCUT2D eigenvalue weighted by Crippen LogP contribution is -2.39. The molecular weight excluding hydrogens is 286 g/mol. The third kappa shape index (κ3) is 5.52. The maximum absolute atomic E-state index is 12.0. The lowest BCUT2D eigenvalue weighted by Gasteiger charge is -2.39. The zero-order valence-corrected chi connectivity index (χ0v) is 14.8. The molecular formula is C20H33NO2. The van der Waals surface area contributed by atoms with Crippen LogP contribution >= 0.6 is 0 Å². The molecule has 0 heterocycles. The lowest BCUT2D eigenvalue weighted by molar-refractivity contribution is -0.158. The van der Waals surface area contributed by atoms with E-state index in [1.807, 2.05) is 0 Å². The molecule has 0 aromatic carbocycles. The van der Waals surface area contributed by atoms with Crippen molar-refractivity contribution in [3.8, 4) is 6.07 Å². The van der Waals surface area contributed by atoms with Crippen LogP contribution in [0.1, 0.15) is 96.8 Å². The number of nitriles is 1. The number of carbonyl (C=O) groups excluding carboxylic acids is 1. The second-order valence-corrected chi connectivity index (χ2v) is 7.63. The predicted octanol–water partition coefficient (Wildman–Crippen LogP) is 5.53. The quantitative estimate of drug-likeness (QED) is 0.457. The van der Waals surface area contributed by atoms with E-state index in [2.05, 4.69) is 13.0 Å². The molecule has 0 saturated heterocycles. The summed E-state index contributed by atoms with van der Waals surface area (Å²) in [5.41, 5.74) is -0.826. The fourth-order valence-electron chi connectivity index (χ4n) is 4.39. The topological polar surface area (TPSA) is 50.1 Å². The molecule has 0 atom stereocenters. The summed E-state index contributed by atoms with van der Waals surface area (Å²) in [6.45, 7) is 2.16. The van der Waals surface area contributed by atoms with E-state index in [0.717, 1.165) is 50.4 Å². The molecule has 0 unspecified atom stereocenters. The van der Waals surface area contributed by atoms with E-state index in [-0.39, 0.29) is 5.97 Å². The summed E-state index contributed by atoms with van der Waals surface area (Å²) >= 11 is 0. The second kappa shape index (κ2) is 9.30. The van der Waals surface area contributed by atoms with Crippen molar-refractivity contribution in [1.29, 1.82) is 5.26 Å². The summed E-state index contributed by atoms with van der Waals surface area (Å²) in [5.74, 6) is 1.43. The van der Waals surface area contributed by atoms with Gasteiger partial charge in [0.2, 0.25) is 0 Å². The maximum atomic E-state index is 12.0. The van der Waals surface area contributed by atoms with Crippen molar-refractivity contribution in [2.75, 3.05) is 0 Å². The highest BCUT2D eigenvalue weighted by molar-refractivity contribution is 5.70. The Morgan fingerprint density at radius 1 is 1.04 bits per heavy atom. The molecule has 130 valence electrons. The van der Waals surface area contributed by atoms with E-state index in [1.54, 1.807) is 0 Å². The van der Waals surface area contributed by atoms with Crippen molar-refractivity contribution in [3.05, 3.63) is 0 Å². The third-order valence-electron chi connectivity index (χ3n) is 5.90. The molecule has 2 saturated carbocycles. The largest absolute Gasteiger partial charge is 0.444 e. The van der Waals surface area contributed by atoms with Crippen molar-refractivity contribution in [2.24, 2.45) is 11.8 Å². The molecule has 2 fully saturated rings. The molecule has 23 heavy (non-hydrogen) atoms. The molecule has 3 heteroatoms. The first-order chi connectivity index (χ1) is 11.2. The van der Waals surface area contributed by atoms with Crippen LogP contribution in [0, 0.1) is 23.2 Å². The first kappa shape index (κ1) is 18.3. The van der Waals surface area contributed by atoms with Gasteiger partial charge in [0.15, 0.2) is 5.60 Å². The van der Waals surface area contributed by atoms with E-state index in [4.69, 9.17) is 4.74 Å². The Morgan fingerprint density at radius 3 is 2.30 bits per heavy atom. The maximum Gasteiger partial charge on any atom is 0.307 e. The third-order valence-corrected chi connectivity index (χ3v) is 5.90. The molecule has 0 amide bonds. The molecule has 0 aliphatic heterocycles. The summed E-state index contributed by atoms with van der Waals surface area (Å²) in [6, 6.07) is 2.33. The van der Waals surface area contributed by atoms with Gasteiger partial charge in [0.25, 0.3) is 0 Å². The van der Waals surface area contributed by atoms with Crippen molar-refractivity contribution in [2.45, 2.75) is 102 Å². The summed E-state index contributed by atoms with van der Waals surface area (Å²) < 4.78 is 5.64. The first-order valence-electron chi connectivity index (χ1n) is 9.82. The van der Waals surface area contributed by atoms with Crippen molar-refractivity contribution < 1.29 is 9.53 Å². The van der Waals surface area contributed by atoms with E-state index >= 15 is 0 Å². The predicted molar refractivity (Wildman–Crippen MR) is 91.7 cm³/mol. The van der Waals surface area contributed by atoms with Gasteiger partial charge in [0.1, 0.15) is 6.07 Å². The Kier molecular flexibility index (Phi) is 7.40. The highest BCUT2D eigenvalue weighted by Gasteiger charge is 2.40. The number of unbranched alkanes of at least 4 members (excludes halogenated alkanes) is 3. The van der Waals surface area contributed by atoms with Gasteiger partial charge >= 0.3 is 5.97 Å².